The molecule has 27 heavy (non-hydrogen) atoms. The molecule has 0 aliphatic rings. The molecule has 0 amide bonds. The number of aryl methyl sites for hydroxylation is 1. The molecule has 0 unspecified atom stereocenters. The summed E-state index contributed by atoms with van der Waals surface area (Å²) in [6, 6.07) is 0. The molecule has 0 fully saturated rings. The van der Waals surface area contributed by atoms with Crippen molar-refractivity contribution in [3.63, 3.8) is 0 Å². The average molecular weight is 435 g/mol. The van der Waals surface area contributed by atoms with E-state index in [2.05, 4.69) is 93.8 Å². The normalized spacial score (nSPS) is 12.7. The van der Waals surface area contributed by atoms with Gasteiger partial charge in [0.05, 0.1) is 7.05 Å². The Labute approximate surface area is 178 Å². The van der Waals surface area contributed by atoms with E-state index in [1.54, 1.807) is 0 Å². The van der Waals surface area contributed by atoms with Gasteiger partial charge >= 0.3 is 0 Å². The summed E-state index contributed by atoms with van der Waals surface area (Å²) in [5.74, 6) is 0. The van der Waals surface area contributed by atoms with E-state index in [-0.39, 0.29) is 17.0 Å². The van der Waals surface area contributed by atoms with Crippen LogP contribution in [0, 0.1) is 0 Å². The summed E-state index contributed by atoms with van der Waals surface area (Å²) in [5, 5.41) is 0. The largest absolute Gasteiger partial charge is 1.00 e. The molecule has 0 aliphatic carbocycles. The zero-order valence-corrected chi connectivity index (χ0v) is 19.8. The van der Waals surface area contributed by atoms with E-state index < -0.39 is 0 Å². The third-order valence-electron chi connectivity index (χ3n) is 4.63. The number of hydrogen-bond donors (Lipinski definition) is 0. The van der Waals surface area contributed by atoms with Gasteiger partial charge in [0, 0.05) is 0 Å². The number of rotatable bonds is 11. The van der Waals surface area contributed by atoms with Crippen molar-refractivity contribution in [1.82, 2.24) is 4.57 Å². The van der Waals surface area contributed by atoms with Gasteiger partial charge in [-0.25, -0.2) is 9.13 Å². The van der Waals surface area contributed by atoms with E-state index in [1.165, 1.54) is 48.0 Å². The molecule has 1 rings (SSSR count). The lowest BCUT2D eigenvalue weighted by Gasteiger charge is -2.02. The topological polar surface area (TPSA) is 8.81 Å². The van der Waals surface area contributed by atoms with E-state index in [1.807, 2.05) is 0 Å². The maximum atomic E-state index is 2.42. The van der Waals surface area contributed by atoms with Gasteiger partial charge in [-0.2, -0.15) is 0 Å². The fraction of sp³-hybridized carbons (Fsp3) is 0.542. The van der Waals surface area contributed by atoms with Crippen molar-refractivity contribution in [3.05, 3.63) is 65.3 Å². The number of hydrogen-bond acceptors (Lipinski definition) is 0. The Hall–Kier alpha value is -1.35. The van der Waals surface area contributed by atoms with Gasteiger partial charge in [-0.05, 0) is 79.2 Å². The number of aromatic nitrogens is 2. The maximum Gasteiger partial charge on any atom is 0.243 e. The van der Waals surface area contributed by atoms with E-state index in [9.17, 15) is 0 Å². The molecule has 1 aromatic heterocycles. The molecule has 152 valence electrons. The van der Waals surface area contributed by atoms with Crippen LogP contribution in [0.5, 0.6) is 0 Å². The van der Waals surface area contributed by atoms with Gasteiger partial charge in [0.25, 0.3) is 0 Å². The molecule has 0 aromatic carbocycles. The van der Waals surface area contributed by atoms with Crippen LogP contribution in [0.2, 0.25) is 0 Å². The van der Waals surface area contributed by atoms with Crippen LogP contribution in [0.25, 0.3) is 0 Å². The van der Waals surface area contributed by atoms with Crippen LogP contribution in [0.3, 0.4) is 0 Å². The predicted octanol–water partition coefficient (Wildman–Crippen LogP) is 3.46. The second-order valence-electron chi connectivity index (χ2n) is 7.82. The second kappa shape index (κ2) is 14.7. The van der Waals surface area contributed by atoms with E-state index in [0.29, 0.717) is 0 Å². The van der Waals surface area contributed by atoms with Gasteiger partial charge in [-0.15, -0.1) is 0 Å². The fourth-order valence-corrected chi connectivity index (χ4v) is 2.86. The summed E-state index contributed by atoms with van der Waals surface area (Å²) in [6.45, 7) is 12.1. The minimum absolute atomic E-state index is 0. The number of allylic oxidation sites excluding steroid dienone is 8. The van der Waals surface area contributed by atoms with Crippen LogP contribution in [0.1, 0.15) is 73.1 Å². The summed E-state index contributed by atoms with van der Waals surface area (Å²) in [6.07, 6.45) is 22.8. The van der Waals surface area contributed by atoms with Crippen LogP contribution < -0.4 is 21.5 Å². The number of imidazole rings is 1. The lowest BCUT2D eigenvalue weighted by Crippen LogP contribution is -3.00. The van der Waals surface area contributed by atoms with Crippen LogP contribution in [0.4, 0.5) is 0 Å². The first-order valence-electron chi connectivity index (χ1n) is 9.98. The number of nitrogens with zero attached hydrogens (tertiary/aromatic N) is 2. The van der Waals surface area contributed by atoms with E-state index >= 15 is 0 Å². The Balaban J connectivity index is 0.00000676. The minimum Gasteiger partial charge on any atom is -1.00 e. The van der Waals surface area contributed by atoms with Crippen LogP contribution in [-0.2, 0) is 13.6 Å². The third kappa shape index (κ3) is 13.5. The molecular weight excluding hydrogens is 396 g/mol. The van der Waals surface area contributed by atoms with Gasteiger partial charge in [-0.3, -0.25) is 0 Å². The van der Waals surface area contributed by atoms with E-state index in [0.717, 1.165) is 19.4 Å². The zero-order valence-electron chi connectivity index (χ0n) is 18.3. The van der Waals surface area contributed by atoms with Crippen molar-refractivity contribution in [2.24, 2.45) is 7.05 Å². The highest BCUT2D eigenvalue weighted by Crippen LogP contribution is 2.13. The van der Waals surface area contributed by atoms with Gasteiger partial charge in [0.2, 0.25) is 6.33 Å². The molecule has 0 spiro atoms. The van der Waals surface area contributed by atoms with Gasteiger partial charge in [-0.1, -0.05) is 40.5 Å². The first-order valence-corrected chi connectivity index (χ1v) is 9.98. The summed E-state index contributed by atoms with van der Waals surface area (Å²) < 4.78 is 4.28. The highest BCUT2D eigenvalue weighted by Gasteiger charge is 1.98. The predicted molar refractivity (Wildman–Crippen MR) is 114 cm³/mol. The van der Waals surface area contributed by atoms with Crippen molar-refractivity contribution < 1.29 is 21.5 Å². The van der Waals surface area contributed by atoms with Gasteiger partial charge in [0.15, 0.2) is 0 Å². The van der Waals surface area contributed by atoms with Crippen LogP contribution >= 0.6 is 0 Å². The molecule has 0 saturated carbocycles. The number of halogens is 1. The highest BCUT2D eigenvalue weighted by atomic mass is 79.9. The van der Waals surface area contributed by atoms with Crippen LogP contribution in [-0.4, -0.2) is 4.57 Å². The molecule has 1 aromatic rings. The Morgan fingerprint density at radius 3 is 1.70 bits per heavy atom. The Morgan fingerprint density at radius 1 is 0.778 bits per heavy atom. The summed E-state index contributed by atoms with van der Waals surface area (Å²) in [5.41, 5.74) is 5.93. The second-order valence-corrected chi connectivity index (χ2v) is 7.82. The molecule has 0 N–H and O–H groups in total. The highest BCUT2D eigenvalue weighted by molar-refractivity contribution is 5.07. The quantitative estimate of drug-likeness (QED) is 0.372. The molecular formula is C24H39BrN2. The Bertz CT molecular complexity index is 656. The maximum absolute atomic E-state index is 2.42. The molecule has 0 saturated heterocycles. The average Bonchev–Trinajstić information content (AvgIpc) is 2.98. The van der Waals surface area contributed by atoms with Crippen molar-refractivity contribution in [2.75, 3.05) is 0 Å². The van der Waals surface area contributed by atoms with Gasteiger partial charge in [0.1, 0.15) is 18.9 Å². The zero-order chi connectivity index (χ0) is 19.4. The SMILES string of the molecule is CC(C)=CCC/C(C)=C/CC/C(C)=C/CC/C(C)=C/Cn1cc[n+](C)c1.[Br-]. The monoisotopic (exact) mass is 434 g/mol. The lowest BCUT2D eigenvalue weighted by molar-refractivity contribution is -0.671. The first-order chi connectivity index (χ1) is 12.4. The minimum atomic E-state index is 0. The van der Waals surface area contributed by atoms with Crippen LogP contribution in [0.15, 0.2) is 65.3 Å². The van der Waals surface area contributed by atoms with Gasteiger partial charge < -0.3 is 17.0 Å². The summed E-state index contributed by atoms with van der Waals surface area (Å²) in [4.78, 5) is 0. The Kier molecular flexibility index (Phi) is 13.9. The van der Waals surface area contributed by atoms with Crippen molar-refractivity contribution in [3.8, 4) is 0 Å². The first kappa shape index (κ1) is 25.6. The molecule has 3 heteroatoms. The van der Waals surface area contributed by atoms with E-state index in [4.69, 9.17) is 0 Å². The standard InChI is InChI=1S/C24H39N2.BrH/c1-21(2)10-7-11-22(3)12-8-13-23(4)14-9-15-24(5)16-17-26-19-18-25(6)20-26;/h10,12,14,16,18-20H,7-9,11,13,15,17H2,1-6H3;1H/q+1;/p-1/b22-12+,23-14+,24-16+;. The summed E-state index contributed by atoms with van der Waals surface area (Å²) in [7, 11) is 2.06. The molecule has 0 bridgehead atoms. The Morgan fingerprint density at radius 2 is 1.26 bits per heavy atom. The lowest BCUT2D eigenvalue weighted by atomic mass is 10.0. The molecule has 1 heterocycles. The molecule has 2 nitrogen and oxygen atoms in total. The molecule has 0 aliphatic heterocycles. The summed E-state index contributed by atoms with van der Waals surface area (Å²) >= 11 is 0. The third-order valence-corrected chi connectivity index (χ3v) is 4.63. The smallest absolute Gasteiger partial charge is 0.243 e. The van der Waals surface area contributed by atoms with Crippen molar-refractivity contribution >= 4 is 0 Å². The van der Waals surface area contributed by atoms with Crippen molar-refractivity contribution in [2.45, 2.75) is 79.7 Å². The van der Waals surface area contributed by atoms with Crippen molar-refractivity contribution in [1.29, 1.82) is 0 Å². The fourth-order valence-electron chi connectivity index (χ4n) is 2.86. The molecule has 0 radical (unpaired) electrons. The molecule has 0 atom stereocenters.